The van der Waals surface area contributed by atoms with Crippen molar-refractivity contribution in [2.24, 2.45) is 5.92 Å². The fourth-order valence-electron chi connectivity index (χ4n) is 2.90. The van der Waals surface area contributed by atoms with Gasteiger partial charge >= 0.3 is 0 Å². The van der Waals surface area contributed by atoms with Crippen LogP contribution in [0.2, 0.25) is 0 Å². The number of methoxy groups -OCH3 is 1. The lowest BCUT2D eigenvalue weighted by atomic mass is 10.00. The van der Waals surface area contributed by atoms with Gasteiger partial charge in [0, 0.05) is 20.2 Å². The van der Waals surface area contributed by atoms with Gasteiger partial charge in [-0.05, 0) is 35.9 Å². The highest BCUT2D eigenvalue weighted by Gasteiger charge is 2.24. The lowest BCUT2D eigenvalue weighted by molar-refractivity contribution is 0.115. The molecular formula is C17H27NO2. The molecule has 1 fully saturated rings. The summed E-state index contributed by atoms with van der Waals surface area (Å²) in [6.07, 6.45) is 0.782. The third kappa shape index (κ3) is 4.05. The molecule has 1 aliphatic rings. The van der Waals surface area contributed by atoms with E-state index < -0.39 is 6.10 Å². The van der Waals surface area contributed by atoms with Crippen molar-refractivity contribution >= 4 is 0 Å². The van der Waals surface area contributed by atoms with Crippen molar-refractivity contribution in [1.29, 1.82) is 0 Å². The van der Waals surface area contributed by atoms with E-state index in [0.29, 0.717) is 11.8 Å². The van der Waals surface area contributed by atoms with Crippen LogP contribution in [-0.2, 0) is 4.74 Å². The summed E-state index contributed by atoms with van der Waals surface area (Å²) in [5.74, 6) is 1.16. The van der Waals surface area contributed by atoms with Gasteiger partial charge in [-0.2, -0.15) is 0 Å². The number of rotatable bonds is 6. The van der Waals surface area contributed by atoms with Crippen LogP contribution in [0.3, 0.4) is 0 Å². The molecule has 3 nitrogen and oxygen atoms in total. The number of benzene rings is 1. The molecule has 1 saturated heterocycles. The first-order valence-electron chi connectivity index (χ1n) is 7.59. The highest BCUT2D eigenvalue weighted by atomic mass is 16.5. The average Bonchev–Trinajstić information content (AvgIpc) is 2.86. The van der Waals surface area contributed by atoms with E-state index in [9.17, 15) is 5.11 Å². The van der Waals surface area contributed by atoms with Crippen molar-refractivity contribution in [1.82, 2.24) is 4.90 Å². The zero-order valence-corrected chi connectivity index (χ0v) is 12.9. The second-order valence-corrected chi connectivity index (χ2v) is 6.21. The zero-order chi connectivity index (χ0) is 14.5. The van der Waals surface area contributed by atoms with Crippen molar-refractivity contribution in [3.8, 4) is 0 Å². The van der Waals surface area contributed by atoms with E-state index in [0.717, 1.165) is 31.8 Å². The number of β-amino-alcohol motifs (C(OH)–C–C–N with tert-alkyl or cyclic N) is 1. The average molecular weight is 277 g/mol. The maximum absolute atomic E-state index is 10.4. The maximum atomic E-state index is 10.4. The van der Waals surface area contributed by atoms with Gasteiger partial charge in [-0.25, -0.2) is 0 Å². The molecule has 1 aliphatic heterocycles. The Morgan fingerprint density at radius 3 is 2.50 bits per heavy atom. The molecule has 112 valence electrons. The van der Waals surface area contributed by atoms with E-state index in [4.69, 9.17) is 4.74 Å². The van der Waals surface area contributed by atoms with Crippen LogP contribution in [0.1, 0.15) is 43.4 Å². The molecule has 0 saturated carbocycles. The molecule has 20 heavy (non-hydrogen) atoms. The number of nitrogens with zero attached hydrogens (tertiary/aromatic N) is 1. The number of aliphatic hydroxyl groups excluding tert-OH is 1. The Morgan fingerprint density at radius 2 is 1.90 bits per heavy atom. The summed E-state index contributed by atoms with van der Waals surface area (Å²) in [6.45, 7) is 8.03. The third-order valence-electron chi connectivity index (χ3n) is 4.19. The predicted octanol–water partition coefficient (Wildman–Crippen LogP) is 2.81. The second-order valence-electron chi connectivity index (χ2n) is 6.21. The Balaban J connectivity index is 1.87. The lowest BCUT2D eigenvalue weighted by Crippen LogP contribution is -2.27. The number of ether oxygens (including phenoxy) is 1. The largest absolute Gasteiger partial charge is 0.387 e. The Morgan fingerprint density at radius 1 is 1.25 bits per heavy atom. The Hall–Kier alpha value is -0.900. The van der Waals surface area contributed by atoms with Crippen molar-refractivity contribution in [2.45, 2.75) is 32.3 Å². The Labute approximate surface area is 122 Å². The standard InChI is InChI=1S/C17H27NO2/c1-13(2)15-4-6-16(7-5-15)17(19)11-18-9-8-14(10-18)12-20-3/h4-7,13-14,17,19H,8-12H2,1-3H3. The number of aliphatic hydroxyl groups is 1. The molecule has 1 N–H and O–H groups in total. The molecule has 0 bridgehead atoms. The van der Waals surface area contributed by atoms with Gasteiger partial charge in [-0.3, -0.25) is 0 Å². The van der Waals surface area contributed by atoms with Crippen molar-refractivity contribution < 1.29 is 9.84 Å². The highest BCUT2D eigenvalue weighted by molar-refractivity contribution is 5.26. The van der Waals surface area contributed by atoms with E-state index in [1.165, 1.54) is 12.0 Å². The first kappa shape index (κ1) is 15.5. The van der Waals surface area contributed by atoms with E-state index >= 15 is 0 Å². The van der Waals surface area contributed by atoms with Crippen LogP contribution in [-0.4, -0.2) is 43.4 Å². The first-order valence-corrected chi connectivity index (χ1v) is 7.59. The van der Waals surface area contributed by atoms with Gasteiger partial charge < -0.3 is 14.7 Å². The fourth-order valence-corrected chi connectivity index (χ4v) is 2.90. The first-order chi connectivity index (χ1) is 9.60. The van der Waals surface area contributed by atoms with Gasteiger partial charge in [-0.1, -0.05) is 38.1 Å². The van der Waals surface area contributed by atoms with E-state index in [1.54, 1.807) is 7.11 Å². The minimum Gasteiger partial charge on any atom is -0.387 e. The van der Waals surface area contributed by atoms with Gasteiger partial charge in [0.05, 0.1) is 12.7 Å². The van der Waals surface area contributed by atoms with Crippen molar-refractivity contribution in [3.05, 3.63) is 35.4 Å². The summed E-state index contributed by atoms with van der Waals surface area (Å²) >= 11 is 0. The van der Waals surface area contributed by atoms with E-state index in [2.05, 4.69) is 43.0 Å². The molecule has 2 unspecified atom stereocenters. The van der Waals surface area contributed by atoms with Crippen LogP contribution in [0.4, 0.5) is 0 Å². The van der Waals surface area contributed by atoms with E-state index in [1.807, 2.05) is 0 Å². The molecule has 2 atom stereocenters. The lowest BCUT2D eigenvalue weighted by Gasteiger charge is -2.20. The summed E-state index contributed by atoms with van der Waals surface area (Å²) in [5.41, 5.74) is 2.34. The van der Waals surface area contributed by atoms with Crippen LogP contribution < -0.4 is 0 Å². The van der Waals surface area contributed by atoms with Crippen LogP contribution in [0.25, 0.3) is 0 Å². The molecule has 0 amide bonds. The van der Waals surface area contributed by atoms with Crippen molar-refractivity contribution in [3.63, 3.8) is 0 Å². The molecule has 0 aromatic heterocycles. The second kappa shape index (κ2) is 7.21. The summed E-state index contributed by atoms with van der Waals surface area (Å²) in [5, 5.41) is 10.4. The van der Waals surface area contributed by atoms with Crippen LogP contribution >= 0.6 is 0 Å². The summed E-state index contributed by atoms with van der Waals surface area (Å²) in [4.78, 5) is 2.34. The summed E-state index contributed by atoms with van der Waals surface area (Å²) in [6, 6.07) is 8.37. The molecule has 0 spiro atoms. The van der Waals surface area contributed by atoms with Gasteiger partial charge in [0.15, 0.2) is 0 Å². The Kier molecular flexibility index (Phi) is 5.58. The zero-order valence-electron chi connectivity index (χ0n) is 12.9. The highest BCUT2D eigenvalue weighted by Crippen LogP contribution is 2.22. The molecule has 1 heterocycles. The smallest absolute Gasteiger partial charge is 0.0916 e. The topological polar surface area (TPSA) is 32.7 Å². The number of likely N-dealkylation sites (tertiary alicyclic amines) is 1. The van der Waals surface area contributed by atoms with Gasteiger partial charge in [-0.15, -0.1) is 0 Å². The SMILES string of the molecule is COCC1CCN(CC(O)c2ccc(C(C)C)cc2)C1. The molecule has 0 radical (unpaired) electrons. The van der Waals surface area contributed by atoms with E-state index in [-0.39, 0.29) is 0 Å². The molecular weight excluding hydrogens is 250 g/mol. The molecule has 1 aromatic carbocycles. The Bertz CT molecular complexity index is 402. The maximum Gasteiger partial charge on any atom is 0.0916 e. The number of hydrogen-bond donors (Lipinski definition) is 1. The fraction of sp³-hybridized carbons (Fsp3) is 0.647. The van der Waals surface area contributed by atoms with Crippen LogP contribution in [0, 0.1) is 5.92 Å². The van der Waals surface area contributed by atoms with Gasteiger partial charge in [0.25, 0.3) is 0 Å². The minimum atomic E-state index is -0.391. The van der Waals surface area contributed by atoms with Crippen molar-refractivity contribution in [2.75, 3.05) is 33.4 Å². The molecule has 2 rings (SSSR count). The quantitative estimate of drug-likeness (QED) is 0.868. The van der Waals surface area contributed by atoms with Gasteiger partial charge in [0.2, 0.25) is 0 Å². The molecule has 0 aliphatic carbocycles. The van der Waals surface area contributed by atoms with Crippen LogP contribution in [0.15, 0.2) is 24.3 Å². The van der Waals surface area contributed by atoms with Gasteiger partial charge in [0.1, 0.15) is 0 Å². The summed E-state index contributed by atoms with van der Waals surface area (Å²) < 4.78 is 5.21. The third-order valence-corrected chi connectivity index (χ3v) is 4.19. The number of hydrogen-bond acceptors (Lipinski definition) is 3. The minimum absolute atomic E-state index is 0.391. The summed E-state index contributed by atoms with van der Waals surface area (Å²) in [7, 11) is 1.76. The molecule has 1 aromatic rings. The van der Waals surface area contributed by atoms with Crippen LogP contribution in [0.5, 0.6) is 0 Å². The normalized spacial score (nSPS) is 21.6. The molecule has 3 heteroatoms. The predicted molar refractivity (Wildman–Crippen MR) is 81.9 cm³/mol. The monoisotopic (exact) mass is 277 g/mol.